The Morgan fingerprint density at radius 3 is 2.74 bits per heavy atom. The molecular formula is C14H15BrFN5O2. The Bertz CT molecular complexity index is 714. The lowest BCUT2D eigenvalue weighted by Gasteiger charge is -2.10. The van der Waals surface area contributed by atoms with E-state index in [-0.39, 0.29) is 23.0 Å². The fraction of sp³-hybridized carbons (Fsp3) is 0.286. The van der Waals surface area contributed by atoms with E-state index in [1.54, 1.807) is 6.07 Å². The fourth-order valence-corrected chi connectivity index (χ4v) is 2.21. The number of benzene rings is 1. The molecule has 0 amide bonds. The van der Waals surface area contributed by atoms with E-state index in [9.17, 15) is 14.5 Å². The molecule has 0 radical (unpaired) electrons. The number of nitro groups is 1. The summed E-state index contributed by atoms with van der Waals surface area (Å²) in [5.74, 6) is -0.503. The number of nitrogens with one attached hydrogen (secondary N) is 2. The highest BCUT2D eigenvalue weighted by molar-refractivity contribution is 9.10. The Kier molecular flexibility index (Phi) is 5.80. The van der Waals surface area contributed by atoms with Crippen molar-refractivity contribution >= 4 is 38.9 Å². The van der Waals surface area contributed by atoms with Crippen molar-refractivity contribution in [2.75, 3.05) is 17.2 Å². The molecular weight excluding hydrogens is 369 g/mol. The van der Waals surface area contributed by atoms with Gasteiger partial charge in [0, 0.05) is 11.0 Å². The van der Waals surface area contributed by atoms with Crippen LogP contribution in [0.25, 0.3) is 0 Å². The van der Waals surface area contributed by atoms with Crippen LogP contribution in [0.5, 0.6) is 0 Å². The quantitative estimate of drug-likeness (QED) is 0.421. The number of halogens is 2. The molecule has 9 heteroatoms. The Morgan fingerprint density at radius 2 is 2.09 bits per heavy atom. The molecule has 1 aromatic heterocycles. The first-order chi connectivity index (χ1) is 11.0. The minimum Gasteiger partial charge on any atom is -0.364 e. The van der Waals surface area contributed by atoms with Crippen molar-refractivity contribution in [3.05, 3.63) is 44.9 Å². The molecule has 1 heterocycles. The number of hydrogen-bond acceptors (Lipinski definition) is 6. The lowest BCUT2D eigenvalue weighted by molar-refractivity contribution is -0.383. The summed E-state index contributed by atoms with van der Waals surface area (Å²) in [5.41, 5.74) is -0.222. The van der Waals surface area contributed by atoms with Crippen LogP contribution in [-0.4, -0.2) is 21.4 Å². The van der Waals surface area contributed by atoms with Crippen molar-refractivity contribution < 1.29 is 9.31 Å². The first kappa shape index (κ1) is 17.1. The first-order valence-electron chi connectivity index (χ1n) is 6.98. The maximum atomic E-state index is 13.9. The van der Waals surface area contributed by atoms with Gasteiger partial charge in [-0.1, -0.05) is 29.3 Å². The highest BCUT2D eigenvalue weighted by Crippen LogP contribution is 2.32. The standard InChI is InChI=1S/C14H15BrFN5O2/c1-2-3-6-17-13-12(21(22)23)14(19-8-18-13)20-11-5-4-9(15)7-10(11)16/h4-5,7-8H,2-3,6H2,1H3,(H2,17,18,19,20). The van der Waals surface area contributed by atoms with E-state index in [1.165, 1.54) is 18.5 Å². The molecule has 0 saturated heterocycles. The average molecular weight is 384 g/mol. The number of aromatic nitrogens is 2. The summed E-state index contributed by atoms with van der Waals surface area (Å²) in [7, 11) is 0. The van der Waals surface area contributed by atoms with Gasteiger partial charge in [-0.3, -0.25) is 10.1 Å². The third kappa shape index (κ3) is 4.35. The zero-order valence-corrected chi connectivity index (χ0v) is 13.9. The van der Waals surface area contributed by atoms with Crippen molar-refractivity contribution in [3.8, 4) is 0 Å². The molecule has 7 nitrogen and oxygen atoms in total. The number of anilines is 3. The highest BCUT2D eigenvalue weighted by atomic mass is 79.9. The predicted molar refractivity (Wildman–Crippen MR) is 89.5 cm³/mol. The van der Waals surface area contributed by atoms with Crippen LogP contribution in [0.4, 0.5) is 27.4 Å². The zero-order valence-electron chi connectivity index (χ0n) is 12.3. The second-order valence-corrected chi connectivity index (χ2v) is 5.62. The summed E-state index contributed by atoms with van der Waals surface area (Å²) < 4.78 is 14.5. The maximum Gasteiger partial charge on any atom is 0.353 e. The van der Waals surface area contributed by atoms with Crippen molar-refractivity contribution in [1.29, 1.82) is 0 Å². The van der Waals surface area contributed by atoms with Gasteiger partial charge in [0.15, 0.2) is 0 Å². The third-order valence-electron chi connectivity index (χ3n) is 3.01. The molecule has 0 atom stereocenters. The molecule has 0 unspecified atom stereocenters. The number of nitrogens with zero attached hydrogens (tertiary/aromatic N) is 3. The highest BCUT2D eigenvalue weighted by Gasteiger charge is 2.23. The second kappa shape index (κ2) is 7.82. The van der Waals surface area contributed by atoms with E-state index in [2.05, 4.69) is 36.5 Å². The van der Waals surface area contributed by atoms with Gasteiger partial charge in [0.1, 0.15) is 12.1 Å². The van der Waals surface area contributed by atoms with Crippen LogP contribution in [0, 0.1) is 15.9 Å². The smallest absolute Gasteiger partial charge is 0.353 e. The molecule has 0 fully saturated rings. The van der Waals surface area contributed by atoms with Gasteiger partial charge in [0.2, 0.25) is 11.6 Å². The molecule has 0 saturated carbocycles. The van der Waals surface area contributed by atoms with Crippen LogP contribution in [-0.2, 0) is 0 Å². The molecule has 0 spiro atoms. The lowest BCUT2D eigenvalue weighted by atomic mass is 10.3. The monoisotopic (exact) mass is 383 g/mol. The van der Waals surface area contributed by atoms with Gasteiger partial charge in [0.05, 0.1) is 10.6 Å². The number of rotatable bonds is 7. The first-order valence-corrected chi connectivity index (χ1v) is 7.77. The molecule has 23 heavy (non-hydrogen) atoms. The predicted octanol–water partition coefficient (Wildman–Crippen LogP) is 4.24. The SMILES string of the molecule is CCCCNc1ncnc(Nc2ccc(Br)cc2F)c1[N+](=O)[O-]. The molecule has 0 bridgehead atoms. The Balaban J connectivity index is 2.33. The van der Waals surface area contributed by atoms with E-state index in [0.29, 0.717) is 11.0 Å². The molecule has 0 aliphatic carbocycles. The van der Waals surface area contributed by atoms with Crippen molar-refractivity contribution in [3.63, 3.8) is 0 Å². The van der Waals surface area contributed by atoms with E-state index >= 15 is 0 Å². The van der Waals surface area contributed by atoms with Gasteiger partial charge in [-0.05, 0) is 24.6 Å². The summed E-state index contributed by atoms with van der Waals surface area (Å²) in [6.07, 6.45) is 2.99. The van der Waals surface area contributed by atoms with Crippen molar-refractivity contribution in [2.24, 2.45) is 0 Å². The molecule has 122 valence electrons. The van der Waals surface area contributed by atoms with Gasteiger partial charge in [0.25, 0.3) is 0 Å². The van der Waals surface area contributed by atoms with Crippen LogP contribution in [0.15, 0.2) is 29.0 Å². The number of hydrogen-bond donors (Lipinski definition) is 2. The summed E-state index contributed by atoms with van der Waals surface area (Å²) in [6, 6.07) is 4.35. The second-order valence-electron chi connectivity index (χ2n) is 4.71. The van der Waals surface area contributed by atoms with Crippen molar-refractivity contribution in [2.45, 2.75) is 19.8 Å². The molecule has 2 aromatic rings. The summed E-state index contributed by atoms with van der Waals surface area (Å²) in [4.78, 5) is 18.5. The van der Waals surface area contributed by atoms with Gasteiger partial charge < -0.3 is 10.6 Å². The molecule has 2 rings (SSSR count). The minimum atomic E-state index is -0.590. The van der Waals surface area contributed by atoms with Gasteiger partial charge >= 0.3 is 5.69 Å². The van der Waals surface area contributed by atoms with Gasteiger partial charge in [-0.2, -0.15) is 0 Å². The van der Waals surface area contributed by atoms with E-state index in [4.69, 9.17) is 0 Å². The van der Waals surface area contributed by atoms with E-state index < -0.39 is 10.7 Å². The molecule has 0 aliphatic rings. The lowest BCUT2D eigenvalue weighted by Crippen LogP contribution is -2.09. The summed E-state index contributed by atoms with van der Waals surface area (Å²) in [5, 5.41) is 16.9. The normalized spacial score (nSPS) is 10.4. The van der Waals surface area contributed by atoms with Crippen LogP contribution in [0.1, 0.15) is 19.8 Å². The molecule has 1 aromatic carbocycles. The largest absolute Gasteiger partial charge is 0.364 e. The minimum absolute atomic E-state index is 0.0646. The Hall–Kier alpha value is -2.29. The number of unbranched alkanes of at least 4 members (excludes halogenated alkanes) is 1. The van der Waals surface area contributed by atoms with E-state index in [0.717, 1.165) is 12.8 Å². The fourth-order valence-electron chi connectivity index (χ4n) is 1.87. The maximum absolute atomic E-state index is 13.9. The topological polar surface area (TPSA) is 93.0 Å². The third-order valence-corrected chi connectivity index (χ3v) is 3.51. The van der Waals surface area contributed by atoms with Crippen molar-refractivity contribution in [1.82, 2.24) is 9.97 Å². The van der Waals surface area contributed by atoms with Gasteiger partial charge in [-0.15, -0.1) is 0 Å². The van der Waals surface area contributed by atoms with Crippen LogP contribution in [0.3, 0.4) is 0 Å². The Morgan fingerprint density at radius 1 is 1.35 bits per heavy atom. The average Bonchev–Trinajstić information content (AvgIpc) is 2.50. The van der Waals surface area contributed by atoms with Crippen LogP contribution < -0.4 is 10.6 Å². The van der Waals surface area contributed by atoms with Crippen LogP contribution >= 0.6 is 15.9 Å². The summed E-state index contributed by atoms with van der Waals surface area (Å²) in [6.45, 7) is 2.57. The van der Waals surface area contributed by atoms with Gasteiger partial charge in [-0.25, -0.2) is 14.4 Å². The molecule has 2 N–H and O–H groups in total. The molecule has 0 aliphatic heterocycles. The van der Waals surface area contributed by atoms with Crippen LogP contribution in [0.2, 0.25) is 0 Å². The summed E-state index contributed by atoms with van der Waals surface area (Å²) >= 11 is 3.15. The Labute approximate surface area is 140 Å². The zero-order chi connectivity index (χ0) is 16.8. The van der Waals surface area contributed by atoms with E-state index in [1.807, 2.05) is 6.92 Å².